The van der Waals surface area contributed by atoms with Gasteiger partial charge in [0.2, 0.25) is 11.8 Å². The van der Waals surface area contributed by atoms with Gasteiger partial charge in [-0.2, -0.15) is 0 Å². The summed E-state index contributed by atoms with van der Waals surface area (Å²) >= 11 is 0. The van der Waals surface area contributed by atoms with Gasteiger partial charge in [0.25, 0.3) is 0 Å². The lowest BCUT2D eigenvalue weighted by Crippen LogP contribution is -2.33. The first kappa shape index (κ1) is 21.8. The van der Waals surface area contributed by atoms with Gasteiger partial charge in [0, 0.05) is 5.92 Å². The molecule has 0 radical (unpaired) electrons. The first-order chi connectivity index (χ1) is 15.5. The van der Waals surface area contributed by atoms with Crippen LogP contribution in [0.4, 0.5) is 0 Å². The van der Waals surface area contributed by atoms with Gasteiger partial charge in [-0.25, -0.2) is 4.98 Å². The van der Waals surface area contributed by atoms with Gasteiger partial charge < -0.3 is 21.8 Å². The van der Waals surface area contributed by atoms with E-state index in [1.165, 1.54) is 0 Å². The number of aromatic nitrogens is 2. The minimum Gasteiger partial charge on any atom is -0.369 e. The van der Waals surface area contributed by atoms with E-state index >= 15 is 0 Å². The van der Waals surface area contributed by atoms with Crippen LogP contribution in [-0.2, 0) is 16.0 Å². The number of carbonyl (C=O) groups excluding carboxylic acids is 2. The number of H-pyrrole nitrogens is 1. The Morgan fingerprint density at radius 3 is 2.53 bits per heavy atom. The van der Waals surface area contributed by atoms with E-state index in [0.29, 0.717) is 24.0 Å². The molecule has 1 aliphatic rings. The lowest BCUT2D eigenvalue weighted by molar-refractivity contribution is -0.125. The number of primary amides is 1. The second-order valence-electron chi connectivity index (χ2n) is 8.49. The highest BCUT2D eigenvalue weighted by atomic mass is 16.2. The van der Waals surface area contributed by atoms with Crippen molar-refractivity contribution in [3.63, 3.8) is 0 Å². The quantitative estimate of drug-likeness (QED) is 0.459. The van der Waals surface area contributed by atoms with E-state index in [2.05, 4.69) is 10.3 Å². The number of amides is 2. The fourth-order valence-electron chi connectivity index (χ4n) is 4.26. The van der Waals surface area contributed by atoms with Gasteiger partial charge in [-0.3, -0.25) is 9.59 Å². The van der Waals surface area contributed by atoms with Crippen molar-refractivity contribution in [1.82, 2.24) is 15.3 Å². The van der Waals surface area contributed by atoms with Crippen LogP contribution in [0.25, 0.3) is 22.8 Å². The zero-order chi connectivity index (χ0) is 22.5. The van der Waals surface area contributed by atoms with Crippen molar-refractivity contribution in [3.05, 3.63) is 65.5 Å². The highest BCUT2D eigenvalue weighted by Crippen LogP contribution is 2.29. The van der Waals surface area contributed by atoms with Gasteiger partial charge in [0.15, 0.2) is 5.82 Å². The third kappa shape index (κ3) is 5.23. The predicted molar refractivity (Wildman–Crippen MR) is 126 cm³/mol. The highest BCUT2D eigenvalue weighted by molar-refractivity contribution is 5.93. The highest BCUT2D eigenvalue weighted by Gasteiger charge is 2.26. The monoisotopic (exact) mass is 431 g/mol. The van der Waals surface area contributed by atoms with Gasteiger partial charge in [-0.15, -0.1) is 0 Å². The van der Waals surface area contributed by atoms with E-state index < -0.39 is 0 Å². The Labute approximate surface area is 187 Å². The van der Waals surface area contributed by atoms with E-state index in [4.69, 9.17) is 16.5 Å². The first-order valence-electron chi connectivity index (χ1n) is 11.1. The molecule has 1 aromatic heterocycles. The molecule has 0 spiro atoms. The third-order valence-electron chi connectivity index (χ3n) is 6.10. The Hall–Kier alpha value is -3.45. The van der Waals surface area contributed by atoms with Crippen molar-refractivity contribution < 1.29 is 9.59 Å². The summed E-state index contributed by atoms with van der Waals surface area (Å²) in [6.07, 6.45) is 5.75. The molecule has 7 nitrogen and oxygen atoms in total. The molecule has 3 aromatic rings. The summed E-state index contributed by atoms with van der Waals surface area (Å²) in [5.41, 5.74) is 15.0. The van der Waals surface area contributed by atoms with Crippen LogP contribution in [0.5, 0.6) is 0 Å². The predicted octanol–water partition coefficient (Wildman–Crippen LogP) is 2.97. The van der Waals surface area contributed by atoms with Crippen molar-refractivity contribution >= 4 is 34.6 Å². The molecule has 0 unspecified atom stereocenters. The zero-order valence-corrected chi connectivity index (χ0v) is 18.0. The largest absolute Gasteiger partial charge is 0.369 e. The van der Waals surface area contributed by atoms with Crippen molar-refractivity contribution in [3.8, 4) is 0 Å². The Bertz CT molecular complexity index is 1130. The van der Waals surface area contributed by atoms with Crippen LogP contribution in [0, 0.1) is 11.8 Å². The number of nitrogens with two attached hydrogens (primary N) is 2. The molecule has 1 aliphatic carbocycles. The molecule has 32 heavy (non-hydrogen) atoms. The molecule has 1 saturated carbocycles. The molecule has 1 heterocycles. The molecular formula is C25H29N5O2. The van der Waals surface area contributed by atoms with E-state index in [1.807, 2.05) is 54.6 Å². The molecule has 6 N–H and O–H groups in total. The minimum atomic E-state index is -0.388. The van der Waals surface area contributed by atoms with Crippen molar-refractivity contribution in [2.75, 3.05) is 6.54 Å². The SMILES string of the molecule is NCC1CCC(C(=O)NC(=Cc2ccccc2)c2nc3cc(CC(N)=O)ccc3[nH]2)CC1. The van der Waals surface area contributed by atoms with Crippen LogP contribution in [0.1, 0.15) is 42.6 Å². The normalized spacial score (nSPS) is 19.1. The third-order valence-corrected chi connectivity index (χ3v) is 6.10. The summed E-state index contributed by atoms with van der Waals surface area (Å²) in [7, 11) is 0. The molecule has 2 amide bonds. The summed E-state index contributed by atoms with van der Waals surface area (Å²) < 4.78 is 0. The van der Waals surface area contributed by atoms with Gasteiger partial charge in [-0.05, 0) is 67.5 Å². The number of fused-ring (bicyclic) bond motifs is 1. The maximum Gasteiger partial charge on any atom is 0.227 e. The number of aromatic amines is 1. The summed E-state index contributed by atoms with van der Waals surface area (Å²) in [5.74, 6) is 0.690. The van der Waals surface area contributed by atoms with E-state index in [-0.39, 0.29) is 24.2 Å². The van der Waals surface area contributed by atoms with E-state index in [9.17, 15) is 9.59 Å². The van der Waals surface area contributed by atoms with Crippen molar-refractivity contribution in [1.29, 1.82) is 0 Å². The average Bonchev–Trinajstić information content (AvgIpc) is 3.22. The zero-order valence-electron chi connectivity index (χ0n) is 18.0. The van der Waals surface area contributed by atoms with Crippen LogP contribution >= 0.6 is 0 Å². The number of hydrogen-bond acceptors (Lipinski definition) is 4. The minimum absolute atomic E-state index is 0.0116. The molecule has 2 aromatic carbocycles. The van der Waals surface area contributed by atoms with E-state index in [0.717, 1.165) is 47.8 Å². The van der Waals surface area contributed by atoms with Crippen LogP contribution in [0.3, 0.4) is 0 Å². The van der Waals surface area contributed by atoms with Crippen LogP contribution < -0.4 is 16.8 Å². The van der Waals surface area contributed by atoms with Crippen molar-refractivity contribution in [2.45, 2.75) is 32.1 Å². The molecule has 4 rings (SSSR count). The number of hydrogen-bond donors (Lipinski definition) is 4. The number of benzene rings is 2. The lowest BCUT2D eigenvalue weighted by atomic mass is 9.81. The van der Waals surface area contributed by atoms with Crippen LogP contribution in [0.2, 0.25) is 0 Å². The average molecular weight is 432 g/mol. The second kappa shape index (κ2) is 9.78. The number of imidazole rings is 1. The Morgan fingerprint density at radius 1 is 1.09 bits per heavy atom. The van der Waals surface area contributed by atoms with Gasteiger partial charge >= 0.3 is 0 Å². The summed E-state index contributed by atoms with van der Waals surface area (Å²) in [6, 6.07) is 15.4. The molecule has 0 bridgehead atoms. The number of carbonyl (C=O) groups is 2. The summed E-state index contributed by atoms with van der Waals surface area (Å²) in [5, 5.41) is 3.12. The van der Waals surface area contributed by atoms with Crippen molar-refractivity contribution in [2.24, 2.45) is 23.3 Å². The van der Waals surface area contributed by atoms with Gasteiger partial charge in [-0.1, -0.05) is 36.4 Å². The van der Waals surface area contributed by atoms with Crippen LogP contribution in [-0.4, -0.2) is 28.3 Å². The Morgan fingerprint density at radius 2 is 1.84 bits per heavy atom. The maximum absolute atomic E-state index is 13.1. The smallest absolute Gasteiger partial charge is 0.227 e. The van der Waals surface area contributed by atoms with Gasteiger partial charge in [0.05, 0.1) is 23.2 Å². The number of nitrogens with one attached hydrogen (secondary N) is 2. The van der Waals surface area contributed by atoms with Crippen LogP contribution in [0.15, 0.2) is 48.5 Å². The molecule has 0 aliphatic heterocycles. The molecular weight excluding hydrogens is 402 g/mol. The Balaban J connectivity index is 1.62. The lowest BCUT2D eigenvalue weighted by Gasteiger charge is -2.27. The summed E-state index contributed by atoms with van der Waals surface area (Å²) in [6.45, 7) is 0.685. The Kier molecular flexibility index (Phi) is 6.66. The number of rotatable bonds is 7. The molecule has 0 saturated heterocycles. The molecule has 7 heteroatoms. The van der Waals surface area contributed by atoms with Gasteiger partial charge in [0.1, 0.15) is 0 Å². The molecule has 1 fully saturated rings. The maximum atomic E-state index is 13.1. The fourth-order valence-corrected chi connectivity index (χ4v) is 4.26. The molecule has 0 atom stereocenters. The standard InChI is InChI=1S/C25H29N5O2/c26-15-17-6-9-19(10-7-17)25(32)30-22(12-16-4-2-1-3-5-16)24-28-20-11-8-18(14-23(27)31)13-21(20)29-24/h1-5,8,11-13,17,19H,6-7,9-10,14-15,26H2,(H2,27,31)(H,28,29)(H,30,32). The second-order valence-corrected chi connectivity index (χ2v) is 8.49. The molecule has 166 valence electrons. The first-order valence-corrected chi connectivity index (χ1v) is 11.1. The summed E-state index contributed by atoms with van der Waals surface area (Å²) in [4.78, 5) is 32.3. The van der Waals surface area contributed by atoms with E-state index in [1.54, 1.807) is 0 Å². The number of nitrogens with zero attached hydrogens (tertiary/aromatic N) is 1. The fraction of sp³-hybridized carbons (Fsp3) is 0.320. The topological polar surface area (TPSA) is 127 Å².